The minimum Gasteiger partial charge on any atom is -0.493 e. The average molecular weight is 491 g/mol. The number of aliphatic hydroxyl groups excluding tert-OH is 2. The number of alkyl halides is 2. The molecule has 1 aliphatic heterocycles. The molecule has 1 aliphatic carbocycles. The van der Waals surface area contributed by atoms with Gasteiger partial charge in [-0.15, -0.1) is 0 Å². The number of hydrogen-bond acceptors (Lipinski definition) is 5. The van der Waals surface area contributed by atoms with E-state index in [9.17, 15) is 24.1 Å². The van der Waals surface area contributed by atoms with Gasteiger partial charge in [0, 0.05) is 36.7 Å². The van der Waals surface area contributed by atoms with Gasteiger partial charge in [-0.1, -0.05) is 31.2 Å². The summed E-state index contributed by atoms with van der Waals surface area (Å²) in [7, 11) is 0. The third kappa shape index (κ3) is 6.39. The lowest BCUT2D eigenvalue weighted by atomic mass is 9.75. The molecule has 3 unspecified atom stereocenters. The molecule has 0 spiro atoms. The van der Waals surface area contributed by atoms with Crippen molar-refractivity contribution in [2.24, 2.45) is 5.41 Å². The summed E-state index contributed by atoms with van der Waals surface area (Å²) in [5, 5.41) is 30.7. The molecule has 0 bridgehead atoms. The fourth-order valence-electron chi connectivity index (χ4n) is 5.03. The molecule has 0 aromatic heterocycles. The monoisotopic (exact) mass is 490 g/mol. The van der Waals surface area contributed by atoms with E-state index in [1.807, 2.05) is 50.2 Å². The van der Waals surface area contributed by atoms with Crippen molar-refractivity contribution in [3.8, 4) is 5.75 Å². The van der Waals surface area contributed by atoms with Crippen molar-refractivity contribution < 1.29 is 33.6 Å². The molecule has 0 amide bonds. The van der Waals surface area contributed by atoms with E-state index >= 15 is 0 Å². The second-order valence-electron chi connectivity index (χ2n) is 10.7. The molecule has 192 valence electrons. The smallest absolute Gasteiger partial charge is 0.248 e. The third-order valence-corrected chi connectivity index (χ3v) is 7.51. The molecule has 2 aromatic carbocycles. The zero-order valence-corrected chi connectivity index (χ0v) is 20.5. The van der Waals surface area contributed by atoms with Crippen molar-refractivity contribution in [1.82, 2.24) is 0 Å². The molecule has 1 saturated carbocycles. The maximum absolute atomic E-state index is 13.5. The van der Waals surface area contributed by atoms with Crippen LogP contribution in [0, 0.1) is 12.3 Å². The summed E-state index contributed by atoms with van der Waals surface area (Å²) in [6.07, 6.45) is 0.359. The summed E-state index contributed by atoms with van der Waals surface area (Å²) in [4.78, 5) is 0. The molecule has 2 aromatic rings. The Labute approximate surface area is 205 Å². The van der Waals surface area contributed by atoms with Crippen LogP contribution in [0.25, 0.3) is 0 Å². The Balaban J connectivity index is 1.40. The minimum atomic E-state index is -2.55. The molecular weight excluding hydrogens is 454 g/mol. The van der Waals surface area contributed by atoms with Gasteiger partial charge in [0.1, 0.15) is 5.75 Å². The van der Waals surface area contributed by atoms with E-state index in [1.165, 1.54) is 0 Å². The molecule has 5 nitrogen and oxygen atoms in total. The first-order valence-electron chi connectivity index (χ1n) is 12.4. The summed E-state index contributed by atoms with van der Waals surface area (Å²) < 4.78 is 38.6. The summed E-state index contributed by atoms with van der Waals surface area (Å²) >= 11 is 0. The van der Waals surface area contributed by atoms with Crippen LogP contribution in [0.1, 0.15) is 67.7 Å². The van der Waals surface area contributed by atoms with Gasteiger partial charge in [-0.05, 0) is 61.1 Å². The Morgan fingerprint density at radius 1 is 1.06 bits per heavy atom. The molecule has 3 N–H and O–H groups in total. The van der Waals surface area contributed by atoms with Gasteiger partial charge in [0.15, 0.2) is 5.79 Å². The van der Waals surface area contributed by atoms with Crippen LogP contribution in [-0.2, 0) is 16.9 Å². The van der Waals surface area contributed by atoms with Crippen molar-refractivity contribution in [2.45, 2.75) is 82.7 Å². The quantitative estimate of drug-likeness (QED) is 0.517. The van der Waals surface area contributed by atoms with Crippen LogP contribution in [0.2, 0.25) is 0 Å². The van der Waals surface area contributed by atoms with Crippen molar-refractivity contribution in [3.05, 3.63) is 64.7 Å². The van der Waals surface area contributed by atoms with Crippen molar-refractivity contribution in [2.75, 3.05) is 13.2 Å². The van der Waals surface area contributed by atoms with Gasteiger partial charge in [-0.25, -0.2) is 8.78 Å². The lowest BCUT2D eigenvalue weighted by Gasteiger charge is -2.39. The lowest BCUT2D eigenvalue weighted by Crippen LogP contribution is -2.45. The Bertz CT molecular complexity index is 999. The van der Waals surface area contributed by atoms with E-state index in [1.54, 1.807) is 6.07 Å². The molecule has 7 heteroatoms. The number of rotatable bonds is 7. The summed E-state index contributed by atoms with van der Waals surface area (Å²) in [6.45, 7) is 4.17. The first-order valence-corrected chi connectivity index (χ1v) is 12.4. The molecule has 3 atom stereocenters. The van der Waals surface area contributed by atoms with Crippen molar-refractivity contribution in [3.63, 3.8) is 0 Å². The van der Waals surface area contributed by atoms with Gasteiger partial charge in [-0.3, -0.25) is 0 Å². The van der Waals surface area contributed by atoms with Crippen LogP contribution in [0.3, 0.4) is 0 Å². The third-order valence-electron chi connectivity index (χ3n) is 7.51. The van der Waals surface area contributed by atoms with Gasteiger partial charge in [0.25, 0.3) is 0 Å². The summed E-state index contributed by atoms with van der Waals surface area (Å²) in [5.74, 6) is -3.48. The van der Waals surface area contributed by atoms with E-state index in [2.05, 4.69) is 0 Å². The van der Waals surface area contributed by atoms with Gasteiger partial charge >= 0.3 is 0 Å². The highest BCUT2D eigenvalue weighted by atomic mass is 19.3. The highest BCUT2D eigenvalue weighted by Gasteiger charge is 2.42. The molecule has 0 radical (unpaired) electrons. The number of aliphatic hydroxyl groups is 3. The first-order chi connectivity index (χ1) is 16.5. The largest absolute Gasteiger partial charge is 0.493 e. The SMILES string of the molecule is Cc1ccc(C2(O)CC(O)CC(CO)O2)cc1Cc1ccc(OCC2(C)CCC(F)(F)CC2)cc1. The zero-order valence-electron chi connectivity index (χ0n) is 20.5. The van der Waals surface area contributed by atoms with Crippen LogP contribution in [0.4, 0.5) is 8.78 Å². The summed E-state index contributed by atoms with van der Waals surface area (Å²) in [5.41, 5.74) is 3.47. The van der Waals surface area contributed by atoms with Gasteiger partial charge in [0.2, 0.25) is 5.92 Å². The number of aryl methyl sites for hydroxylation is 1. The van der Waals surface area contributed by atoms with E-state index in [0.717, 1.165) is 16.7 Å². The fraction of sp³-hybridized carbons (Fsp3) is 0.571. The van der Waals surface area contributed by atoms with Crippen molar-refractivity contribution >= 4 is 0 Å². The van der Waals surface area contributed by atoms with E-state index in [4.69, 9.17) is 9.47 Å². The molecule has 35 heavy (non-hydrogen) atoms. The van der Waals surface area contributed by atoms with Gasteiger partial charge < -0.3 is 24.8 Å². The standard InChI is InChI=1S/C28H36F2O5/c1-19-3-6-22(28(33)16-23(32)15-25(17-31)35-28)14-21(19)13-20-4-7-24(8-5-20)34-18-26(2)9-11-27(29,30)12-10-26/h3-8,14,23,25,31-33H,9-13,15-18H2,1-2H3. The Kier molecular flexibility index (Phi) is 7.53. The normalized spacial score (nSPS) is 28.0. The maximum Gasteiger partial charge on any atom is 0.248 e. The van der Waals surface area contributed by atoms with E-state index < -0.39 is 23.9 Å². The molecule has 2 fully saturated rings. The van der Waals surface area contributed by atoms with Gasteiger partial charge in [0.05, 0.1) is 25.4 Å². The predicted molar refractivity (Wildman–Crippen MR) is 129 cm³/mol. The number of benzene rings is 2. The fourth-order valence-corrected chi connectivity index (χ4v) is 5.03. The van der Waals surface area contributed by atoms with Crippen LogP contribution in [0.15, 0.2) is 42.5 Å². The van der Waals surface area contributed by atoms with Gasteiger partial charge in [-0.2, -0.15) is 0 Å². The van der Waals surface area contributed by atoms with E-state index in [-0.39, 0.29) is 37.7 Å². The van der Waals surface area contributed by atoms with Crippen LogP contribution in [-0.4, -0.2) is 46.7 Å². The Morgan fingerprint density at radius 2 is 1.74 bits per heavy atom. The molecule has 2 aliphatic rings. The molecule has 1 heterocycles. The first kappa shape index (κ1) is 26.0. The van der Waals surface area contributed by atoms with Crippen LogP contribution in [0.5, 0.6) is 5.75 Å². The summed E-state index contributed by atoms with van der Waals surface area (Å²) in [6, 6.07) is 13.4. The number of hydrogen-bond donors (Lipinski definition) is 3. The number of ether oxygens (including phenoxy) is 2. The van der Waals surface area contributed by atoms with Crippen LogP contribution >= 0.6 is 0 Å². The maximum atomic E-state index is 13.5. The second kappa shape index (κ2) is 10.1. The van der Waals surface area contributed by atoms with E-state index in [0.29, 0.717) is 37.2 Å². The average Bonchev–Trinajstić information content (AvgIpc) is 2.82. The van der Waals surface area contributed by atoms with Crippen LogP contribution < -0.4 is 4.74 Å². The lowest BCUT2D eigenvalue weighted by molar-refractivity contribution is -0.286. The zero-order chi connectivity index (χ0) is 25.3. The molecule has 1 saturated heterocycles. The number of halogens is 2. The highest BCUT2D eigenvalue weighted by Crippen LogP contribution is 2.43. The molecule has 4 rings (SSSR count). The Hall–Kier alpha value is -2.06. The molecular formula is C28H36F2O5. The Morgan fingerprint density at radius 3 is 2.40 bits per heavy atom. The predicted octanol–water partition coefficient (Wildman–Crippen LogP) is 4.86. The second-order valence-corrected chi connectivity index (χ2v) is 10.7. The minimum absolute atomic E-state index is 0.0502. The van der Waals surface area contributed by atoms with Crippen molar-refractivity contribution in [1.29, 1.82) is 0 Å². The topological polar surface area (TPSA) is 79.2 Å². The highest BCUT2D eigenvalue weighted by molar-refractivity contribution is 5.38.